The summed E-state index contributed by atoms with van der Waals surface area (Å²) in [7, 11) is 0. The molecule has 4 rings (SSSR count). The summed E-state index contributed by atoms with van der Waals surface area (Å²) in [6, 6.07) is 14.2. The third-order valence-electron chi connectivity index (χ3n) is 4.84. The summed E-state index contributed by atoms with van der Waals surface area (Å²) < 4.78 is 2.02. The molecule has 0 saturated heterocycles. The van der Waals surface area contributed by atoms with Crippen LogP contribution in [0.4, 0.5) is 5.82 Å². The highest BCUT2D eigenvalue weighted by atomic mass is 32.2. The van der Waals surface area contributed by atoms with Gasteiger partial charge >= 0.3 is 0 Å². The first-order valence-corrected chi connectivity index (χ1v) is 10.2. The summed E-state index contributed by atoms with van der Waals surface area (Å²) in [6.45, 7) is 5.83. The largest absolute Gasteiger partial charge is 0.369 e. The highest BCUT2D eigenvalue weighted by molar-refractivity contribution is 7.99. The molecule has 0 radical (unpaired) electrons. The molecule has 0 saturated carbocycles. The Morgan fingerprint density at radius 1 is 1.26 bits per heavy atom. The third-order valence-corrected chi connectivity index (χ3v) is 6.09. The van der Waals surface area contributed by atoms with Crippen LogP contribution in [-0.2, 0) is 6.54 Å². The average Bonchev–Trinajstić information content (AvgIpc) is 2.94. The second-order valence-electron chi connectivity index (χ2n) is 6.47. The number of fused-ring (bicyclic) bond motifs is 1. The summed E-state index contributed by atoms with van der Waals surface area (Å²) in [6.07, 6.45) is 1.80. The smallest absolute Gasteiger partial charge is 0.129 e. The van der Waals surface area contributed by atoms with E-state index in [1.54, 1.807) is 6.20 Å². The first-order chi connectivity index (χ1) is 13.2. The van der Waals surface area contributed by atoms with Crippen molar-refractivity contribution in [3.63, 3.8) is 0 Å². The molecule has 6 heteroatoms. The van der Waals surface area contributed by atoms with Crippen molar-refractivity contribution < 1.29 is 0 Å². The Labute approximate surface area is 163 Å². The van der Waals surface area contributed by atoms with Gasteiger partial charge in [0.25, 0.3) is 0 Å². The van der Waals surface area contributed by atoms with Gasteiger partial charge in [-0.15, -0.1) is 11.8 Å². The fourth-order valence-corrected chi connectivity index (χ4v) is 4.94. The number of nitrogens with one attached hydrogen (secondary N) is 1. The molecule has 2 aromatic heterocycles. The van der Waals surface area contributed by atoms with Gasteiger partial charge in [0.15, 0.2) is 0 Å². The van der Waals surface area contributed by atoms with Gasteiger partial charge in [-0.2, -0.15) is 10.4 Å². The number of rotatable bonds is 3. The maximum atomic E-state index is 9.72. The molecule has 5 nitrogen and oxygen atoms in total. The monoisotopic (exact) mass is 375 g/mol. The number of aryl methyl sites for hydroxylation is 2. The number of anilines is 1. The summed E-state index contributed by atoms with van der Waals surface area (Å²) in [5, 5.41) is 18.2. The molecular weight excluding hydrogens is 354 g/mol. The van der Waals surface area contributed by atoms with Crippen LogP contribution in [0.2, 0.25) is 0 Å². The predicted molar refractivity (Wildman–Crippen MR) is 110 cm³/mol. The molecule has 27 heavy (non-hydrogen) atoms. The van der Waals surface area contributed by atoms with E-state index in [1.807, 2.05) is 46.8 Å². The van der Waals surface area contributed by atoms with E-state index < -0.39 is 0 Å². The maximum absolute atomic E-state index is 9.72. The van der Waals surface area contributed by atoms with Crippen LogP contribution in [0.25, 0.3) is 11.4 Å². The zero-order chi connectivity index (χ0) is 18.8. The van der Waals surface area contributed by atoms with Gasteiger partial charge in [-0.05, 0) is 43.2 Å². The molecule has 136 valence electrons. The van der Waals surface area contributed by atoms with E-state index in [0.29, 0.717) is 0 Å². The van der Waals surface area contributed by atoms with Crippen LogP contribution < -0.4 is 5.32 Å². The highest BCUT2D eigenvalue weighted by Gasteiger charge is 2.32. The van der Waals surface area contributed by atoms with E-state index in [9.17, 15) is 5.26 Å². The number of thioether (sulfide) groups is 1. The molecule has 1 aliphatic rings. The third kappa shape index (κ3) is 3.08. The highest BCUT2D eigenvalue weighted by Crippen LogP contribution is 2.47. The fraction of sp³-hybridized carbons (Fsp3) is 0.286. The minimum Gasteiger partial charge on any atom is -0.369 e. The Morgan fingerprint density at radius 3 is 2.89 bits per heavy atom. The number of nitrogens with zero attached hydrogens (tertiary/aromatic N) is 4. The Bertz CT molecular complexity index is 1000. The quantitative estimate of drug-likeness (QED) is 0.735. The molecule has 1 N–H and O–H groups in total. The van der Waals surface area contributed by atoms with Gasteiger partial charge in [0, 0.05) is 30.6 Å². The van der Waals surface area contributed by atoms with E-state index in [-0.39, 0.29) is 5.25 Å². The lowest BCUT2D eigenvalue weighted by Crippen LogP contribution is -2.08. The first kappa shape index (κ1) is 17.6. The molecule has 0 amide bonds. The van der Waals surface area contributed by atoms with Crippen LogP contribution in [-0.4, -0.2) is 27.1 Å². The van der Waals surface area contributed by atoms with Crippen molar-refractivity contribution in [2.45, 2.75) is 25.6 Å². The van der Waals surface area contributed by atoms with Crippen LogP contribution in [0, 0.1) is 18.3 Å². The van der Waals surface area contributed by atoms with Gasteiger partial charge in [0.05, 0.1) is 22.6 Å². The zero-order valence-electron chi connectivity index (χ0n) is 15.4. The summed E-state index contributed by atoms with van der Waals surface area (Å²) in [5.74, 6) is 2.00. The maximum Gasteiger partial charge on any atom is 0.129 e. The minimum absolute atomic E-state index is 0.0446. The number of pyridine rings is 1. The Morgan fingerprint density at radius 2 is 2.15 bits per heavy atom. The molecule has 0 spiro atoms. The summed E-state index contributed by atoms with van der Waals surface area (Å²) >= 11 is 1.86. The lowest BCUT2D eigenvalue weighted by Gasteiger charge is -2.20. The molecule has 1 atom stereocenters. The Hall–Kier alpha value is -2.78. The molecule has 1 aliphatic heterocycles. The zero-order valence-corrected chi connectivity index (χ0v) is 16.3. The fourth-order valence-electron chi connectivity index (χ4n) is 3.61. The van der Waals surface area contributed by atoms with Gasteiger partial charge in [0.1, 0.15) is 11.5 Å². The van der Waals surface area contributed by atoms with Crippen molar-refractivity contribution in [3.05, 3.63) is 64.8 Å². The lowest BCUT2D eigenvalue weighted by atomic mass is 9.94. The van der Waals surface area contributed by atoms with Gasteiger partial charge in [0.2, 0.25) is 0 Å². The van der Waals surface area contributed by atoms with E-state index in [2.05, 4.69) is 36.3 Å². The van der Waals surface area contributed by atoms with Crippen molar-refractivity contribution >= 4 is 17.6 Å². The number of benzene rings is 1. The van der Waals surface area contributed by atoms with Crippen molar-refractivity contribution in [3.8, 4) is 17.5 Å². The van der Waals surface area contributed by atoms with Crippen molar-refractivity contribution in [1.82, 2.24) is 14.8 Å². The van der Waals surface area contributed by atoms with E-state index in [0.717, 1.165) is 58.3 Å². The molecule has 0 bridgehead atoms. The topological polar surface area (TPSA) is 66.5 Å². The summed E-state index contributed by atoms with van der Waals surface area (Å²) in [4.78, 5) is 4.55. The van der Waals surface area contributed by atoms with Crippen LogP contribution in [0.3, 0.4) is 0 Å². The van der Waals surface area contributed by atoms with Gasteiger partial charge < -0.3 is 5.32 Å². The van der Waals surface area contributed by atoms with Crippen LogP contribution in [0.15, 0.2) is 42.6 Å². The minimum atomic E-state index is 0.0446. The molecule has 3 aromatic rings. The predicted octanol–water partition coefficient (Wildman–Crippen LogP) is 4.39. The van der Waals surface area contributed by atoms with Crippen molar-refractivity contribution in [2.24, 2.45) is 0 Å². The van der Waals surface area contributed by atoms with E-state index in [1.165, 1.54) is 0 Å². The van der Waals surface area contributed by atoms with Crippen LogP contribution in [0.5, 0.6) is 0 Å². The molecule has 3 heterocycles. The normalized spacial score (nSPS) is 16.1. The van der Waals surface area contributed by atoms with E-state index >= 15 is 0 Å². The second-order valence-corrected chi connectivity index (χ2v) is 7.68. The Balaban J connectivity index is 1.99. The number of hydrogen-bond donors (Lipinski definition) is 1. The SMILES string of the molecule is CCn1nc(-c2ccccn2)c2c1NCCSC2c1c(C)cccc1C#N. The van der Waals surface area contributed by atoms with Crippen LogP contribution >= 0.6 is 11.8 Å². The first-order valence-electron chi connectivity index (χ1n) is 9.11. The standard InChI is InChI=1S/C21H21N5S/c1-3-26-21-18(19(25-26)16-9-4-5-10-23-16)20(27-12-11-24-21)17-14(2)7-6-8-15(17)13-22/h4-10,20,24H,3,11-12H2,1-2H3. The van der Waals surface area contributed by atoms with Gasteiger partial charge in [-0.1, -0.05) is 18.2 Å². The van der Waals surface area contributed by atoms with Crippen molar-refractivity contribution in [1.29, 1.82) is 5.26 Å². The summed E-state index contributed by atoms with van der Waals surface area (Å²) in [5.41, 5.74) is 5.84. The van der Waals surface area contributed by atoms with E-state index in [4.69, 9.17) is 5.10 Å². The van der Waals surface area contributed by atoms with Gasteiger partial charge in [-0.3, -0.25) is 4.98 Å². The molecular formula is C21H21N5S. The van der Waals surface area contributed by atoms with Gasteiger partial charge in [-0.25, -0.2) is 4.68 Å². The second kappa shape index (κ2) is 7.45. The van der Waals surface area contributed by atoms with Crippen LogP contribution in [0.1, 0.15) is 34.4 Å². The lowest BCUT2D eigenvalue weighted by molar-refractivity contribution is 0.666. The number of hydrogen-bond acceptors (Lipinski definition) is 5. The molecule has 1 aromatic carbocycles. The average molecular weight is 376 g/mol. The molecule has 0 aliphatic carbocycles. The van der Waals surface area contributed by atoms with Crippen molar-refractivity contribution in [2.75, 3.05) is 17.6 Å². The Kier molecular flexibility index (Phi) is 4.87. The molecule has 0 fully saturated rings. The number of aromatic nitrogens is 3. The number of nitriles is 1. The molecule has 1 unspecified atom stereocenters.